The average molecular weight is 233 g/mol. The molecular weight excluding hydrogens is 206 g/mol. The average Bonchev–Trinajstić information content (AvgIpc) is 2.31. The summed E-state index contributed by atoms with van der Waals surface area (Å²) in [6, 6.07) is 0. The molecule has 0 aromatic rings. The first-order chi connectivity index (χ1) is 7.91. The Morgan fingerprint density at radius 3 is 2.25 bits per heavy atom. The molecule has 0 bridgehead atoms. The Morgan fingerprint density at radius 1 is 0.812 bits per heavy atom. The van der Waals surface area contributed by atoms with E-state index in [9.17, 15) is 0 Å². The Bertz CT molecular complexity index is 109. The molecule has 98 valence electrons. The predicted molar refractivity (Wildman–Crippen MR) is 65.9 cm³/mol. The number of hydrogen-bond acceptors (Lipinski definition) is 4. The van der Waals surface area contributed by atoms with Gasteiger partial charge in [-0.2, -0.15) is 0 Å². The van der Waals surface area contributed by atoms with Gasteiger partial charge >= 0.3 is 0 Å². The molecule has 0 aromatic heterocycles. The molecule has 0 saturated carbocycles. The molecule has 0 saturated heterocycles. The van der Waals surface area contributed by atoms with Crippen LogP contribution in [0, 0.1) is 0 Å². The van der Waals surface area contributed by atoms with Crippen molar-refractivity contribution in [2.75, 3.05) is 53.2 Å². The molecule has 0 heterocycles. The van der Waals surface area contributed by atoms with E-state index < -0.39 is 0 Å². The quantitative estimate of drug-likeness (QED) is 0.489. The summed E-state index contributed by atoms with van der Waals surface area (Å²) in [5, 5.41) is 3.33. The van der Waals surface area contributed by atoms with E-state index in [2.05, 4.69) is 12.2 Å². The van der Waals surface area contributed by atoms with Crippen LogP contribution >= 0.6 is 0 Å². The minimum atomic E-state index is 0.669. The van der Waals surface area contributed by atoms with E-state index in [0.29, 0.717) is 13.2 Å². The summed E-state index contributed by atoms with van der Waals surface area (Å²) in [6.45, 7) is 7.92. The fourth-order valence-corrected chi connectivity index (χ4v) is 1.18. The number of ether oxygens (including phenoxy) is 3. The second-order valence-electron chi connectivity index (χ2n) is 3.67. The van der Waals surface area contributed by atoms with Crippen molar-refractivity contribution in [3.8, 4) is 0 Å². The van der Waals surface area contributed by atoms with Crippen LogP contribution in [0.25, 0.3) is 0 Å². The first-order valence-electron chi connectivity index (χ1n) is 6.27. The number of unbranched alkanes of at least 4 members (excludes halogenated alkanes) is 1. The molecule has 4 nitrogen and oxygen atoms in total. The van der Waals surface area contributed by atoms with Gasteiger partial charge in [0, 0.05) is 26.9 Å². The lowest BCUT2D eigenvalue weighted by Gasteiger charge is -2.06. The second-order valence-corrected chi connectivity index (χ2v) is 3.67. The van der Waals surface area contributed by atoms with E-state index in [0.717, 1.165) is 39.3 Å². The highest BCUT2D eigenvalue weighted by atomic mass is 16.5. The molecule has 0 fully saturated rings. The summed E-state index contributed by atoms with van der Waals surface area (Å²) in [7, 11) is 1.68. The van der Waals surface area contributed by atoms with E-state index in [4.69, 9.17) is 14.2 Å². The molecule has 0 amide bonds. The molecule has 0 unspecified atom stereocenters. The van der Waals surface area contributed by atoms with Crippen LogP contribution < -0.4 is 5.32 Å². The topological polar surface area (TPSA) is 39.7 Å². The third kappa shape index (κ3) is 13.8. The maximum atomic E-state index is 5.45. The Balaban J connectivity index is 2.83. The first kappa shape index (κ1) is 15.8. The van der Waals surface area contributed by atoms with Gasteiger partial charge in [0.05, 0.1) is 19.8 Å². The van der Waals surface area contributed by atoms with Crippen LogP contribution in [0.15, 0.2) is 0 Å². The molecule has 0 radical (unpaired) electrons. The normalized spacial score (nSPS) is 10.9. The van der Waals surface area contributed by atoms with Crippen molar-refractivity contribution in [2.45, 2.75) is 26.2 Å². The smallest absolute Gasteiger partial charge is 0.0700 e. The van der Waals surface area contributed by atoms with Gasteiger partial charge in [0.15, 0.2) is 0 Å². The zero-order valence-corrected chi connectivity index (χ0v) is 10.8. The maximum Gasteiger partial charge on any atom is 0.0700 e. The Hall–Kier alpha value is -0.160. The Kier molecular flexibility index (Phi) is 14.7. The van der Waals surface area contributed by atoms with Crippen molar-refractivity contribution in [3.63, 3.8) is 0 Å². The zero-order chi connectivity index (χ0) is 11.9. The molecule has 0 aliphatic carbocycles. The third-order valence-electron chi connectivity index (χ3n) is 2.14. The van der Waals surface area contributed by atoms with Crippen molar-refractivity contribution in [1.29, 1.82) is 0 Å². The number of nitrogens with one attached hydrogen (secondary N) is 1. The molecule has 4 heteroatoms. The van der Waals surface area contributed by atoms with E-state index in [1.807, 2.05) is 0 Å². The van der Waals surface area contributed by atoms with Crippen molar-refractivity contribution in [3.05, 3.63) is 0 Å². The molecule has 16 heavy (non-hydrogen) atoms. The van der Waals surface area contributed by atoms with Crippen LogP contribution in [-0.2, 0) is 14.2 Å². The first-order valence-corrected chi connectivity index (χ1v) is 6.27. The fourth-order valence-electron chi connectivity index (χ4n) is 1.18. The summed E-state index contributed by atoms with van der Waals surface area (Å²) in [5.41, 5.74) is 0. The molecule has 0 aromatic carbocycles. The van der Waals surface area contributed by atoms with Crippen LogP contribution in [0.1, 0.15) is 26.2 Å². The lowest BCUT2D eigenvalue weighted by atomic mass is 10.3. The van der Waals surface area contributed by atoms with Crippen molar-refractivity contribution in [1.82, 2.24) is 5.32 Å². The largest absolute Gasteiger partial charge is 0.382 e. The standard InChI is InChI=1S/C12H27NO3/c1-3-4-6-13-7-10-15-8-5-9-16-12-11-14-2/h13H,3-12H2,1-2H3. The molecule has 0 spiro atoms. The molecule has 0 aliphatic rings. The van der Waals surface area contributed by atoms with Crippen LogP contribution in [0.3, 0.4) is 0 Å². The SMILES string of the molecule is CCCCNCCOCCCOCCOC. The van der Waals surface area contributed by atoms with Crippen molar-refractivity contribution >= 4 is 0 Å². The fraction of sp³-hybridized carbons (Fsp3) is 1.00. The predicted octanol–water partition coefficient (Wildman–Crippen LogP) is 1.45. The minimum absolute atomic E-state index is 0.669. The van der Waals surface area contributed by atoms with Crippen molar-refractivity contribution in [2.24, 2.45) is 0 Å². The highest BCUT2D eigenvalue weighted by Gasteiger charge is 1.91. The summed E-state index contributed by atoms with van der Waals surface area (Å²) in [6.07, 6.45) is 3.44. The summed E-state index contributed by atoms with van der Waals surface area (Å²) in [5.74, 6) is 0. The molecule has 0 atom stereocenters. The summed E-state index contributed by atoms with van der Waals surface area (Å²) in [4.78, 5) is 0. The molecule has 1 N–H and O–H groups in total. The maximum absolute atomic E-state index is 5.45. The monoisotopic (exact) mass is 233 g/mol. The van der Waals surface area contributed by atoms with Gasteiger partial charge in [-0.3, -0.25) is 0 Å². The van der Waals surface area contributed by atoms with E-state index in [-0.39, 0.29) is 0 Å². The van der Waals surface area contributed by atoms with Gasteiger partial charge in [0.1, 0.15) is 0 Å². The van der Waals surface area contributed by atoms with Crippen LogP contribution in [0.4, 0.5) is 0 Å². The lowest BCUT2D eigenvalue weighted by molar-refractivity contribution is 0.0518. The molecule has 0 rings (SSSR count). The molecule has 0 aliphatic heterocycles. The highest BCUT2D eigenvalue weighted by Crippen LogP contribution is 1.86. The third-order valence-corrected chi connectivity index (χ3v) is 2.14. The zero-order valence-electron chi connectivity index (χ0n) is 10.8. The summed E-state index contributed by atoms with van der Waals surface area (Å²) < 4.78 is 15.6. The minimum Gasteiger partial charge on any atom is -0.382 e. The van der Waals surface area contributed by atoms with Gasteiger partial charge in [-0.25, -0.2) is 0 Å². The van der Waals surface area contributed by atoms with Gasteiger partial charge in [0.25, 0.3) is 0 Å². The van der Waals surface area contributed by atoms with Crippen LogP contribution in [0.2, 0.25) is 0 Å². The molecular formula is C12H27NO3. The van der Waals surface area contributed by atoms with Gasteiger partial charge in [-0.15, -0.1) is 0 Å². The number of methoxy groups -OCH3 is 1. The summed E-state index contributed by atoms with van der Waals surface area (Å²) >= 11 is 0. The van der Waals surface area contributed by atoms with Crippen molar-refractivity contribution < 1.29 is 14.2 Å². The Morgan fingerprint density at radius 2 is 1.56 bits per heavy atom. The highest BCUT2D eigenvalue weighted by molar-refractivity contribution is 4.45. The van der Waals surface area contributed by atoms with Gasteiger partial charge in [-0.1, -0.05) is 13.3 Å². The van der Waals surface area contributed by atoms with Gasteiger partial charge in [-0.05, 0) is 19.4 Å². The number of hydrogen-bond donors (Lipinski definition) is 1. The lowest BCUT2D eigenvalue weighted by Crippen LogP contribution is -2.21. The number of rotatable bonds is 13. The van der Waals surface area contributed by atoms with E-state index in [1.54, 1.807) is 7.11 Å². The second kappa shape index (κ2) is 14.8. The van der Waals surface area contributed by atoms with Gasteiger partial charge in [0.2, 0.25) is 0 Å². The van der Waals surface area contributed by atoms with Gasteiger partial charge < -0.3 is 19.5 Å². The Labute approximate surface area is 99.6 Å². The van der Waals surface area contributed by atoms with Crippen LogP contribution in [0.5, 0.6) is 0 Å². The van der Waals surface area contributed by atoms with E-state index in [1.165, 1.54) is 12.8 Å². The van der Waals surface area contributed by atoms with Crippen LogP contribution in [-0.4, -0.2) is 53.2 Å². The van der Waals surface area contributed by atoms with E-state index >= 15 is 0 Å².